The van der Waals surface area contributed by atoms with Gasteiger partial charge in [0.05, 0.1) is 19.3 Å². The van der Waals surface area contributed by atoms with Gasteiger partial charge in [-0.05, 0) is 71.3 Å². The van der Waals surface area contributed by atoms with Gasteiger partial charge in [-0.15, -0.1) is 11.3 Å². The van der Waals surface area contributed by atoms with Crippen molar-refractivity contribution in [2.75, 3.05) is 0 Å². The molecule has 0 aliphatic heterocycles. The highest BCUT2D eigenvalue weighted by Gasteiger charge is 2.22. The van der Waals surface area contributed by atoms with Crippen LogP contribution in [0.15, 0.2) is 60.7 Å². The van der Waals surface area contributed by atoms with Gasteiger partial charge in [-0.3, -0.25) is 0 Å². The van der Waals surface area contributed by atoms with Gasteiger partial charge >= 0.3 is 0 Å². The minimum atomic E-state index is -1.56. The highest BCUT2D eigenvalue weighted by atomic mass is 32.1. The van der Waals surface area contributed by atoms with Gasteiger partial charge in [0.2, 0.25) is 0 Å². The lowest BCUT2D eigenvalue weighted by Crippen LogP contribution is -2.38. The first kappa shape index (κ1) is 21.4. The molecule has 2 aromatic heterocycles. The van der Waals surface area contributed by atoms with Crippen LogP contribution in [0.3, 0.4) is 0 Å². The maximum absolute atomic E-state index is 5.28. The van der Waals surface area contributed by atoms with Crippen molar-refractivity contribution in [3.63, 3.8) is 0 Å². The first-order valence-electron chi connectivity index (χ1n) is 11.6. The van der Waals surface area contributed by atoms with Crippen molar-refractivity contribution < 1.29 is 0 Å². The predicted molar refractivity (Wildman–Crippen MR) is 146 cm³/mol. The minimum absolute atomic E-state index is 0.641. The molecule has 5 aromatic rings. The lowest BCUT2D eigenvalue weighted by Gasteiger charge is -2.21. The third-order valence-electron chi connectivity index (χ3n) is 6.22. The van der Waals surface area contributed by atoms with E-state index >= 15 is 0 Å². The number of rotatable bonds is 4. The van der Waals surface area contributed by atoms with Crippen LogP contribution in [-0.4, -0.2) is 13.1 Å². The van der Waals surface area contributed by atoms with Gasteiger partial charge in [-0.2, -0.15) is 0 Å². The van der Waals surface area contributed by atoms with Gasteiger partial charge in [-0.1, -0.05) is 63.8 Å². The molecule has 0 radical (unpaired) electrons. The molecule has 0 amide bonds. The highest BCUT2D eigenvalue weighted by molar-refractivity contribution is 7.26. The zero-order chi connectivity index (χ0) is 22.6. The molecule has 3 heteroatoms. The number of nitrogens with zero attached hydrogens (tertiary/aromatic N) is 1. The fourth-order valence-electron chi connectivity index (χ4n) is 4.79. The summed E-state index contributed by atoms with van der Waals surface area (Å²) in [6.45, 7) is 14.1. The molecule has 0 bridgehead atoms. The Balaban J connectivity index is 1.83. The van der Waals surface area contributed by atoms with Gasteiger partial charge in [-0.25, -0.2) is 4.98 Å². The molecule has 2 heterocycles. The van der Waals surface area contributed by atoms with E-state index in [2.05, 4.69) is 101 Å². The van der Waals surface area contributed by atoms with E-state index in [9.17, 15) is 0 Å². The Kier molecular flexibility index (Phi) is 5.22. The second-order valence-electron chi connectivity index (χ2n) is 10.5. The summed E-state index contributed by atoms with van der Waals surface area (Å²) in [4.78, 5) is 5.28. The first-order valence-corrected chi connectivity index (χ1v) is 15.9. The molecular formula is C29H31NSSi. The summed E-state index contributed by atoms with van der Waals surface area (Å²) in [6.07, 6.45) is 1.09. The molecule has 0 spiro atoms. The Labute approximate surface area is 196 Å². The maximum Gasteiger partial charge on any atom is 0.0785 e. The summed E-state index contributed by atoms with van der Waals surface area (Å²) in [5.41, 5.74) is 6.22. The van der Waals surface area contributed by atoms with Crippen LogP contribution in [-0.2, 0) is 6.42 Å². The fourth-order valence-corrected chi connectivity index (χ4v) is 7.59. The van der Waals surface area contributed by atoms with E-state index in [-0.39, 0.29) is 0 Å². The van der Waals surface area contributed by atoms with E-state index in [1.54, 1.807) is 0 Å². The Morgan fingerprint density at radius 2 is 1.66 bits per heavy atom. The zero-order valence-electron chi connectivity index (χ0n) is 19.9. The summed E-state index contributed by atoms with van der Waals surface area (Å²) >= 11 is 1.89. The second kappa shape index (κ2) is 7.82. The predicted octanol–water partition coefficient (Wildman–Crippen LogP) is 8.32. The van der Waals surface area contributed by atoms with Gasteiger partial charge in [0.1, 0.15) is 0 Å². The van der Waals surface area contributed by atoms with E-state index in [1.807, 2.05) is 11.3 Å². The number of aryl methyl sites for hydroxylation is 1. The Morgan fingerprint density at radius 1 is 0.875 bits per heavy atom. The van der Waals surface area contributed by atoms with Gasteiger partial charge < -0.3 is 0 Å². The minimum Gasteiger partial charge on any atom is -0.248 e. The second-order valence-corrected chi connectivity index (χ2v) is 16.6. The van der Waals surface area contributed by atoms with Crippen molar-refractivity contribution in [1.29, 1.82) is 0 Å². The highest BCUT2D eigenvalue weighted by Crippen LogP contribution is 2.40. The fraction of sp³-hybridized carbons (Fsp3) is 0.276. The van der Waals surface area contributed by atoms with E-state index in [4.69, 9.17) is 4.98 Å². The largest absolute Gasteiger partial charge is 0.248 e. The van der Waals surface area contributed by atoms with Crippen LogP contribution in [0.25, 0.3) is 42.3 Å². The van der Waals surface area contributed by atoms with Crippen LogP contribution in [0.5, 0.6) is 0 Å². The molecular weight excluding hydrogens is 422 g/mol. The van der Waals surface area contributed by atoms with Crippen molar-refractivity contribution in [2.45, 2.75) is 46.8 Å². The third kappa shape index (κ3) is 3.78. The van der Waals surface area contributed by atoms with Gasteiger partial charge in [0.15, 0.2) is 0 Å². The summed E-state index contributed by atoms with van der Waals surface area (Å²) in [6, 6.07) is 22.8. The standard InChI is InChI=1S/C29H31NSSi/c1-18(2)13-20-11-12-22-25(16-20)30-26(17-28(22)32(4,5)6)24-15-19(3)14-23-21-9-7-8-10-27(21)31-29(23)24/h7-12,14-18H,13H2,1-6H3. The number of benzene rings is 3. The third-order valence-corrected chi connectivity index (χ3v) is 9.47. The number of hydrogen-bond acceptors (Lipinski definition) is 2. The first-order chi connectivity index (χ1) is 15.2. The molecule has 0 unspecified atom stereocenters. The molecule has 0 aliphatic carbocycles. The summed E-state index contributed by atoms with van der Waals surface area (Å²) < 4.78 is 2.70. The normalized spacial score (nSPS) is 12.5. The quantitative estimate of drug-likeness (QED) is 0.249. The van der Waals surface area contributed by atoms with E-state index < -0.39 is 8.07 Å². The van der Waals surface area contributed by atoms with Crippen LogP contribution in [0.4, 0.5) is 0 Å². The Bertz CT molecular complexity index is 1470. The topological polar surface area (TPSA) is 12.9 Å². The average Bonchev–Trinajstić information content (AvgIpc) is 3.09. The monoisotopic (exact) mass is 453 g/mol. The Hall–Kier alpha value is -2.49. The number of pyridine rings is 1. The average molecular weight is 454 g/mol. The maximum atomic E-state index is 5.28. The number of aromatic nitrogens is 1. The molecule has 32 heavy (non-hydrogen) atoms. The van der Waals surface area contributed by atoms with E-state index in [0.29, 0.717) is 5.92 Å². The molecule has 0 aliphatic rings. The lowest BCUT2D eigenvalue weighted by atomic mass is 10.00. The molecule has 1 nitrogen and oxygen atoms in total. The van der Waals surface area contributed by atoms with Crippen LogP contribution < -0.4 is 5.19 Å². The molecule has 162 valence electrons. The van der Waals surface area contributed by atoms with Crippen molar-refractivity contribution >= 4 is 55.7 Å². The molecule has 3 aromatic carbocycles. The molecule has 0 fully saturated rings. The molecule has 0 atom stereocenters. The smallest absolute Gasteiger partial charge is 0.0785 e. The lowest BCUT2D eigenvalue weighted by molar-refractivity contribution is 0.648. The number of fused-ring (bicyclic) bond motifs is 4. The van der Waals surface area contributed by atoms with Crippen LogP contribution in [0, 0.1) is 12.8 Å². The van der Waals surface area contributed by atoms with Crippen LogP contribution in [0.1, 0.15) is 25.0 Å². The zero-order valence-corrected chi connectivity index (χ0v) is 21.7. The van der Waals surface area contributed by atoms with E-state index in [1.165, 1.54) is 47.4 Å². The molecule has 0 saturated carbocycles. The Morgan fingerprint density at radius 3 is 2.41 bits per heavy atom. The SMILES string of the molecule is Cc1cc(-c2cc([Si](C)(C)C)c3ccc(CC(C)C)cc3n2)c2sc3ccccc3c2c1. The number of hydrogen-bond donors (Lipinski definition) is 0. The summed E-state index contributed by atoms with van der Waals surface area (Å²) in [5, 5.41) is 5.54. The molecule has 0 N–H and O–H groups in total. The van der Waals surface area contributed by atoms with Crippen molar-refractivity contribution in [2.24, 2.45) is 5.92 Å². The summed E-state index contributed by atoms with van der Waals surface area (Å²) in [7, 11) is -1.56. The molecule has 0 saturated heterocycles. The molecule has 5 rings (SSSR count). The summed E-state index contributed by atoms with van der Waals surface area (Å²) in [5.74, 6) is 0.641. The van der Waals surface area contributed by atoms with Crippen LogP contribution in [0.2, 0.25) is 19.6 Å². The van der Waals surface area contributed by atoms with Gasteiger partial charge in [0.25, 0.3) is 0 Å². The van der Waals surface area contributed by atoms with Crippen molar-refractivity contribution in [3.8, 4) is 11.3 Å². The van der Waals surface area contributed by atoms with Gasteiger partial charge in [0, 0.05) is 25.7 Å². The number of thiophene rings is 1. The van der Waals surface area contributed by atoms with E-state index in [0.717, 1.165) is 17.6 Å². The van der Waals surface area contributed by atoms with Crippen molar-refractivity contribution in [1.82, 2.24) is 4.98 Å². The van der Waals surface area contributed by atoms with Crippen LogP contribution >= 0.6 is 11.3 Å². The van der Waals surface area contributed by atoms with Crippen molar-refractivity contribution in [3.05, 3.63) is 71.8 Å².